The summed E-state index contributed by atoms with van der Waals surface area (Å²) in [6.07, 6.45) is 4.49. The van der Waals surface area contributed by atoms with Gasteiger partial charge in [0.05, 0.1) is 0 Å². The van der Waals surface area contributed by atoms with Gasteiger partial charge in [0.1, 0.15) is 11.6 Å². The molecular formula is C12H18N4O. The number of aromatic amines is 1. The lowest BCUT2D eigenvalue weighted by atomic mass is 10.1. The first kappa shape index (κ1) is 10.8. The second-order valence-corrected chi connectivity index (χ2v) is 4.96. The predicted octanol–water partition coefficient (Wildman–Crippen LogP) is 0.811. The minimum atomic E-state index is -0.0432. The smallest absolute Gasteiger partial charge is 0.252 e. The molecule has 1 aromatic heterocycles. The SMILES string of the molecule is O=c1cc(NC2CCNCC2)nc(C2CC2)[nH]1. The highest BCUT2D eigenvalue weighted by Crippen LogP contribution is 2.37. The Morgan fingerprint density at radius 1 is 1.24 bits per heavy atom. The summed E-state index contributed by atoms with van der Waals surface area (Å²) in [5.74, 6) is 2.08. The molecule has 0 unspecified atom stereocenters. The molecule has 3 N–H and O–H groups in total. The maximum atomic E-state index is 11.5. The largest absolute Gasteiger partial charge is 0.367 e. The molecule has 0 atom stereocenters. The zero-order valence-electron chi connectivity index (χ0n) is 9.83. The molecule has 0 radical (unpaired) electrons. The van der Waals surface area contributed by atoms with Crippen molar-refractivity contribution in [3.05, 3.63) is 22.2 Å². The van der Waals surface area contributed by atoms with E-state index in [9.17, 15) is 4.79 Å². The second kappa shape index (κ2) is 4.49. The van der Waals surface area contributed by atoms with Gasteiger partial charge in [0.2, 0.25) is 0 Å². The number of aromatic nitrogens is 2. The second-order valence-electron chi connectivity index (χ2n) is 4.96. The van der Waals surface area contributed by atoms with E-state index in [2.05, 4.69) is 20.6 Å². The van der Waals surface area contributed by atoms with Crippen LogP contribution in [0.3, 0.4) is 0 Å². The quantitative estimate of drug-likeness (QED) is 0.724. The Balaban J connectivity index is 1.74. The van der Waals surface area contributed by atoms with Gasteiger partial charge in [-0.25, -0.2) is 4.98 Å². The van der Waals surface area contributed by atoms with Gasteiger partial charge in [-0.2, -0.15) is 0 Å². The van der Waals surface area contributed by atoms with E-state index in [0.29, 0.717) is 12.0 Å². The highest BCUT2D eigenvalue weighted by atomic mass is 16.1. The van der Waals surface area contributed by atoms with E-state index in [4.69, 9.17) is 0 Å². The fourth-order valence-electron chi connectivity index (χ4n) is 2.28. The van der Waals surface area contributed by atoms with Crippen LogP contribution < -0.4 is 16.2 Å². The fourth-order valence-corrected chi connectivity index (χ4v) is 2.28. The van der Waals surface area contributed by atoms with Crippen LogP contribution in [0.1, 0.15) is 37.4 Å². The first-order valence-electron chi connectivity index (χ1n) is 6.40. The van der Waals surface area contributed by atoms with Gasteiger partial charge in [0, 0.05) is 18.0 Å². The Morgan fingerprint density at radius 3 is 2.71 bits per heavy atom. The zero-order valence-corrected chi connectivity index (χ0v) is 9.83. The lowest BCUT2D eigenvalue weighted by Gasteiger charge is -2.24. The summed E-state index contributed by atoms with van der Waals surface area (Å²) in [5, 5.41) is 6.70. The van der Waals surface area contributed by atoms with Crippen LogP contribution in [0.25, 0.3) is 0 Å². The van der Waals surface area contributed by atoms with Crippen LogP contribution in [-0.2, 0) is 0 Å². The molecule has 1 saturated carbocycles. The topological polar surface area (TPSA) is 69.8 Å². The third-order valence-electron chi connectivity index (χ3n) is 3.42. The van der Waals surface area contributed by atoms with Gasteiger partial charge in [-0.1, -0.05) is 0 Å². The molecule has 0 aromatic carbocycles. The summed E-state index contributed by atoms with van der Waals surface area (Å²) in [7, 11) is 0. The van der Waals surface area contributed by atoms with Crippen LogP contribution in [0.4, 0.5) is 5.82 Å². The standard InChI is InChI=1S/C12H18N4O/c17-11-7-10(14-9-3-5-13-6-4-9)15-12(16-11)8-1-2-8/h7-9,13H,1-6H2,(H2,14,15,16,17). The van der Waals surface area contributed by atoms with E-state index < -0.39 is 0 Å². The molecule has 1 aliphatic carbocycles. The van der Waals surface area contributed by atoms with Gasteiger partial charge in [0.25, 0.3) is 5.56 Å². The Kier molecular flexibility index (Phi) is 2.84. The van der Waals surface area contributed by atoms with Gasteiger partial charge in [-0.15, -0.1) is 0 Å². The Bertz CT molecular complexity index is 446. The highest BCUT2D eigenvalue weighted by Gasteiger charge is 2.26. The Morgan fingerprint density at radius 2 is 2.00 bits per heavy atom. The summed E-state index contributed by atoms with van der Waals surface area (Å²) in [4.78, 5) is 18.9. The summed E-state index contributed by atoms with van der Waals surface area (Å²) in [5.41, 5.74) is -0.0432. The molecule has 3 rings (SSSR count). The number of hydrogen-bond acceptors (Lipinski definition) is 4. The fraction of sp³-hybridized carbons (Fsp3) is 0.667. The van der Waals surface area contributed by atoms with E-state index in [0.717, 1.165) is 50.4 Å². The number of hydrogen-bond donors (Lipinski definition) is 3. The number of nitrogens with zero attached hydrogens (tertiary/aromatic N) is 1. The van der Waals surface area contributed by atoms with Crippen LogP contribution in [0, 0.1) is 0 Å². The summed E-state index contributed by atoms with van der Waals surface area (Å²) in [6.45, 7) is 2.08. The minimum Gasteiger partial charge on any atom is -0.367 e. The summed E-state index contributed by atoms with van der Waals surface area (Å²) in [6, 6.07) is 2.01. The van der Waals surface area contributed by atoms with Crippen LogP contribution in [0.15, 0.2) is 10.9 Å². The Hall–Kier alpha value is -1.36. The molecule has 2 aliphatic rings. The van der Waals surface area contributed by atoms with Gasteiger partial charge in [0.15, 0.2) is 0 Å². The summed E-state index contributed by atoms with van der Waals surface area (Å²) >= 11 is 0. The molecule has 0 amide bonds. The number of H-pyrrole nitrogens is 1. The van der Waals surface area contributed by atoms with Crippen molar-refractivity contribution in [1.29, 1.82) is 0 Å². The van der Waals surface area contributed by atoms with E-state index in [1.165, 1.54) is 0 Å². The molecule has 2 heterocycles. The average molecular weight is 234 g/mol. The molecule has 1 aliphatic heterocycles. The molecule has 5 nitrogen and oxygen atoms in total. The average Bonchev–Trinajstić information content (AvgIpc) is 3.13. The van der Waals surface area contributed by atoms with Crippen molar-refractivity contribution in [3.63, 3.8) is 0 Å². The summed E-state index contributed by atoms with van der Waals surface area (Å²) < 4.78 is 0. The lowest BCUT2D eigenvalue weighted by molar-refractivity contribution is 0.478. The molecule has 92 valence electrons. The first-order chi connectivity index (χ1) is 8.31. The first-order valence-corrected chi connectivity index (χ1v) is 6.40. The van der Waals surface area contributed by atoms with Crippen LogP contribution in [0.2, 0.25) is 0 Å². The lowest BCUT2D eigenvalue weighted by Crippen LogP contribution is -2.35. The van der Waals surface area contributed by atoms with Crippen molar-refractivity contribution in [2.45, 2.75) is 37.6 Å². The van der Waals surface area contributed by atoms with Gasteiger partial charge in [-0.3, -0.25) is 4.79 Å². The normalized spacial score (nSPS) is 21.4. The predicted molar refractivity (Wildman–Crippen MR) is 66.3 cm³/mol. The van der Waals surface area contributed by atoms with Gasteiger partial charge >= 0.3 is 0 Å². The van der Waals surface area contributed by atoms with Gasteiger partial charge in [-0.05, 0) is 38.8 Å². The van der Waals surface area contributed by atoms with Gasteiger partial charge < -0.3 is 15.6 Å². The van der Waals surface area contributed by atoms with Crippen molar-refractivity contribution in [1.82, 2.24) is 15.3 Å². The highest BCUT2D eigenvalue weighted by molar-refractivity contribution is 5.35. The molecule has 0 bridgehead atoms. The third kappa shape index (κ3) is 2.66. The minimum absolute atomic E-state index is 0.0432. The molecule has 5 heteroatoms. The van der Waals surface area contributed by atoms with Crippen LogP contribution >= 0.6 is 0 Å². The van der Waals surface area contributed by atoms with Crippen molar-refractivity contribution in [3.8, 4) is 0 Å². The van der Waals surface area contributed by atoms with Crippen molar-refractivity contribution < 1.29 is 0 Å². The zero-order chi connectivity index (χ0) is 11.7. The molecule has 1 saturated heterocycles. The van der Waals surface area contributed by atoms with E-state index >= 15 is 0 Å². The van der Waals surface area contributed by atoms with Crippen LogP contribution in [0.5, 0.6) is 0 Å². The van der Waals surface area contributed by atoms with Crippen molar-refractivity contribution >= 4 is 5.82 Å². The van der Waals surface area contributed by atoms with Crippen molar-refractivity contribution in [2.24, 2.45) is 0 Å². The van der Waals surface area contributed by atoms with Crippen molar-refractivity contribution in [2.75, 3.05) is 18.4 Å². The number of nitrogens with one attached hydrogen (secondary N) is 3. The monoisotopic (exact) mass is 234 g/mol. The van der Waals surface area contributed by atoms with E-state index in [-0.39, 0.29) is 5.56 Å². The Labute approximate surface area is 100 Å². The van der Waals surface area contributed by atoms with Crippen LogP contribution in [-0.4, -0.2) is 29.1 Å². The van der Waals surface area contributed by atoms with E-state index in [1.807, 2.05) is 0 Å². The molecule has 0 spiro atoms. The number of piperidine rings is 1. The molecule has 17 heavy (non-hydrogen) atoms. The number of rotatable bonds is 3. The maximum absolute atomic E-state index is 11.5. The third-order valence-corrected chi connectivity index (χ3v) is 3.42. The van der Waals surface area contributed by atoms with E-state index in [1.54, 1.807) is 6.07 Å². The maximum Gasteiger partial charge on any atom is 0.252 e. The molecule has 2 fully saturated rings. The number of anilines is 1. The molecule has 1 aromatic rings. The molecular weight excluding hydrogens is 216 g/mol.